The van der Waals surface area contributed by atoms with E-state index in [1.54, 1.807) is 6.20 Å². The molecule has 0 saturated carbocycles. The number of nitrogens with two attached hydrogens (primary N) is 1. The van der Waals surface area contributed by atoms with Crippen molar-refractivity contribution >= 4 is 24.7 Å². The van der Waals surface area contributed by atoms with Gasteiger partial charge < -0.3 is 35.0 Å². The number of benzene rings is 1. The lowest BCUT2D eigenvalue weighted by Gasteiger charge is -2.17. The van der Waals surface area contributed by atoms with Crippen molar-refractivity contribution in [2.45, 2.75) is 24.5 Å². The summed E-state index contributed by atoms with van der Waals surface area (Å²) in [6.45, 7) is -0.596. The van der Waals surface area contributed by atoms with Crippen molar-refractivity contribution in [1.82, 2.24) is 14.5 Å². The van der Waals surface area contributed by atoms with Crippen molar-refractivity contribution in [3.63, 3.8) is 0 Å². The van der Waals surface area contributed by atoms with E-state index < -0.39 is 39.0 Å². The molecule has 11 nitrogen and oxygen atoms in total. The molecule has 4 rings (SSSR count). The molecule has 1 aliphatic heterocycles. The monoisotopic (exact) mass is 422 g/mol. The molecule has 0 aliphatic carbocycles. The van der Waals surface area contributed by atoms with Crippen LogP contribution >= 0.6 is 7.82 Å². The number of fused-ring (bicyclic) bond motifs is 1. The summed E-state index contributed by atoms with van der Waals surface area (Å²) < 4.78 is 22.5. The smallest absolute Gasteiger partial charge is 0.387 e. The lowest BCUT2D eigenvalue weighted by molar-refractivity contribution is -0.0501. The number of hydrogen-bond acceptors (Lipinski definition) is 8. The van der Waals surface area contributed by atoms with Crippen molar-refractivity contribution < 1.29 is 33.8 Å². The fraction of sp³-hybridized carbons (Fsp3) is 0.294. The van der Waals surface area contributed by atoms with Gasteiger partial charge in [0.05, 0.1) is 12.0 Å². The molecule has 4 atom stereocenters. The molecule has 0 radical (unpaired) electrons. The minimum atomic E-state index is -4.75. The number of aromatic nitrogens is 3. The molecule has 29 heavy (non-hydrogen) atoms. The highest BCUT2D eigenvalue weighted by Gasteiger charge is 2.45. The molecule has 0 amide bonds. The van der Waals surface area contributed by atoms with E-state index in [1.807, 2.05) is 30.3 Å². The highest BCUT2D eigenvalue weighted by atomic mass is 31.2. The molecule has 4 unspecified atom stereocenters. The average molecular weight is 422 g/mol. The van der Waals surface area contributed by atoms with E-state index in [0.717, 1.165) is 5.56 Å². The van der Waals surface area contributed by atoms with E-state index >= 15 is 0 Å². The number of nitrogen functional groups attached to an aromatic ring is 1. The molecule has 1 saturated heterocycles. The van der Waals surface area contributed by atoms with Crippen LogP contribution in [0.5, 0.6) is 0 Å². The van der Waals surface area contributed by atoms with Crippen LogP contribution in [0.1, 0.15) is 6.23 Å². The van der Waals surface area contributed by atoms with Gasteiger partial charge in [-0.15, -0.1) is 0 Å². The van der Waals surface area contributed by atoms with Crippen LogP contribution in [0.2, 0.25) is 0 Å². The van der Waals surface area contributed by atoms with Gasteiger partial charge in [-0.2, -0.15) is 0 Å². The molecule has 1 fully saturated rings. The maximum Gasteiger partial charge on any atom is 0.469 e. The van der Waals surface area contributed by atoms with Gasteiger partial charge >= 0.3 is 7.82 Å². The van der Waals surface area contributed by atoms with Crippen molar-refractivity contribution in [2.24, 2.45) is 0 Å². The first kappa shape index (κ1) is 19.9. The maximum absolute atomic E-state index is 10.9. The molecule has 0 spiro atoms. The van der Waals surface area contributed by atoms with Crippen molar-refractivity contribution in [3.8, 4) is 11.1 Å². The number of hydrogen-bond donors (Lipinski definition) is 5. The topological polar surface area (TPSA) is 173 Å². The number of phosphoric acid groups is 1. The molecular weight excluding hydrogens is 403 g/mol. The van der Waals surface area contributed by atoms with Gasteiger partial charge in [0.1, 0.15) is 36.1 Å². The molecule has 3 heterocycles. The molecule has 154 valence electrons. The van der Waals surface area contributed by atoms with Crippen LogP contribution < -0.4 is 5.73 Å². The van der Waals surface area contributed by atoms with E-state index in [2.05, 4.69) is 14.5 Å². The van der Waals surface area contributed by atoms with Gasteiger partial charge in [0.25, 0.3) is 0 Å². The lowest BCUT2D eigenvalue weighted by atomic mass is 10.1. The first-order chi connectivity index (χ1) is 13.8. The zero-order valence-electron chi connectivity index (χ0n) is 14.9. The van der Waals surface area contributed by atoms with E-state index in [4.69, 9.17) is 20.3 Å². The molecule has 1 aromatic carbocycles. The molecule has 1 aliphatic rings. The summed E-state index contributed by atoms with van der Waals surface area (Å²) in [6, 6.07) is 9.34. The van der Waals surface area contributed by atoms with Crippen LogP contribution in [-0.4, -0.2) is 59.5 Å². The summed E-state index contributed by atoms with van der Waals surface area (Å²) in [5.41, 5.74) is 7.99. The summed E-state index contributed by atoms with van der Waals surface area (Å²) in [5.74, 6) is 0.238. The summed E-state index contributed by atoms with van der Waals surface area (Å²) in [4.78, 5) is 26.0. The van der Waals surface area contributed by atoms with Crippen LogP contribution in [0.4, 0.5) is 5.82 Å². The SMILES string of the molecule is Nc1ncnc2c1c(-c1ccccc1)cn2C1OC(COP(=O)(O)O)C(O)C1O. The molecule has 6 N–H and O–H groups in total. The van der Waals surface area contributed by atoms with Crippen LogP contribution in [0.3, 0.4) is 0 Å². The van der Waals surface area contributed by atoms with Crippen LogP contribution in [0, 0.1) is 0 Å². The minimum Gasteiger partial charge on any atom is -0.387 e. The molecule has 12 heteroatoms. The highest BCUT2D eigenvalue weighted by Crippen LogP contribution is 2.40. The Bertz CT molecular complexity index is 1070. The number of aliphatic hydroxyl groups is 2. The Kier molecular flexibility index (Phi) is 5.13. The molecular formula is C17H19N4O7P. The van der Waals surface area contributed by atoms with Gasteiger partial charge in [-0.25, -0.2) is 14.5 Å². The number of aliphatic hydroxyl groups excluding tert-OH is 2. The third-order valence-electron chi connectivity index (χ3n) is 4.74. The van der Waals surface area contributed by atoms with Gasteiger partial charge in [0.15, 0.2) is 6.23 Å². The first-order valence-corrected chi connectivity index (χ1v) is 10.2. The Balaban J connectivity index is 1.75. The fourth-order valence-electron chi connectivity index (χ4n) is 3.41. The summed E-state index contributed by atoms with van der Waals surface area (Å²) in [7, 11) is -4.75. The first-order valence-electron chi connectivity index (χ1n) is 8.64. The summed E-state index contributed by atoms with van der Waals surface area (Å²) in [6.07, 6.45) is -2.10. The Morgan fingerprint density at radius 2 is 1.90 bits per heavy atom. The average Bonchev–Trinajstić information content (AvgIpc) is 3.20. The molecule has 3 aromatic rings. The van der Waals surface area contributed by atoms with Crippen LogP contribution in [0.15, 0.2) is 42.9 Å². The second-order valence-electron chi connectivity index (χ2n) is 6.61. The Labute approximate surface area is 164 Å². The number of nitrogens with zero attached hydrogens (tertiary/aromatic N) is 3. The number of rotatable bonds is 5. The minimum absolute atomic E-state index is 0.238. The third-order valence-corrected chi connectivity index (χ3v) is 5.23. The second-order valence-corrected chi connectivity index (χ2v) is 7.85. The highest BCUT2D eigenvalue weighted by molar-refractivity contribution is 7.46. The Morgan fingerprint density at radius 1 is 1.17 bits per heavy atom. The zero-order chi connectivity index (χ0) is 20.8. The van der Waals surface area contributed by atoms with E-state index in [0.29, 0.717) is 16.6 Å². The predicted octanol–water partition coefficient (Wildman–Crippen LogP) is 0.409. The normalized spacial score (nSPS) is 25.0. The van der Waals surface area contributed by atoms with E-state index in [9.17, 15) is 14.8 Å². The van der Waals surface area contributed by atoms with Crippen molar-refractivity contribution in [2.75, 3.05) is 12.3 Å². The van der Waals surface area contributed by atoms with Crippen LogP contribution in [0.25, 0.3) is 22.2 Å². The van der Waals surface area contributed by atoms with Crippen LogP contribution in [-0.2, 0) is 13.8 Å². The lowest BCUT2D eigenvalue weighted by Crippen LogP contribution is -2.33. The molecule has 0 bridgehead atoms. The van der Waals surface area contributed by atoms with Crippen molar-refractivity contribution in [3.05, 3.63) is 42.9 Å². The Morgan fingerprint density at radius 3 is 2.59 bits per heavy atom. The fourth-order valence-corrected chi connectivity index (χ4v) is 3.75. The quantitative estimate of drug-likeness (QED) is 0.362. The third kappa shape index (κ3) is 3.77. The van der Waals surface area contributed by atoms with Crippen molar-refractivity contribution in [1.29, 1.82) is 0 Å². The van der Waals surface area contributed by atoms with Gasteiger partial charge in [-0.3, -0.25) is 4.52 Å². The number of phosphoric ester groups is 1. The Hall–Kier alpha value is -2.37. The largest absolute Gasteiger partial charge is 0.469 e. The number of ether oxygens (including phenoxy) is 1. The summed E-state index contributed by atoms with van der Waals surface area (Å²) in [5, 5.41) is 21.3. The van der Waals surface area contributed by atoms with Gasteiger partial charge in [0.2, 0.25) is 0 Å². The summed E-state index contributed by atoms with van der Waals surface area (Å²) >= 11 is 0. The maximum atomic E-state index is 10.9. The van der Waals surface area contributed by atoms with E-state index in [1.165, 1.54) is 10.9 Å². The van der Waals surface area contributed by atoms with Gasteiger partial charge in [-0.1, -0.05) is 30.3 Å². The molecule has 2 aromatic heterocycles. The van der Waals surface area contributed by atoms with Gasteiger partial charge in [0, 0.05) is 11.8 Å². The van der Waals surface area contributed by atoms with E-state index in [-0.39, 0.29) is 5.82 Å². The predicted molar refractivity (Wildman–Crippen MR) is 101 cm³/mol. The van der Waals surface area contributed by atoms with Gasteiger partial charge in [-0.05, 0) is 5.56 Å². The zero-order valence-corrected chi connectivity index (χ0v) is 15.8. The number of anilines is 1. The second kappa shape index (κ2) is 7.47. The standard InChI is InChI=1S/C17H19N4O7P/c18-15-12-10(9-4-2-1-3-5-9)6-21(16(12)20-8-19-15)17-14(23)13(22)11(28-17)7-27-29(24,25)26/h1-6,8,11,13-14,17,22-23H,7H2,(H2,18,19,20)(H2,24,25,26).